The fraction of sp³-hybridized carbons (Fsp3) is 0.267. The molecule has 0 atom stereocenters. The number of halogens is 2. The van der Waals surface area contributed by atoms with Gasteiger partial charge in [0.25, 0.3) is 0 Å². The van der Waals surface area contributed by atoms with E-state index in [1.54, 1.807) is 6.92 Å². The average Bonchev–Trinajstić information content (AvgIpc) is 2.44. The first-order valence-electron chi connectivity index (χ1n) is 6.41. The summed E-state index contributed by atoms with van der Waals surface area (Å²) in [7, 11) is 1.44. The smallest absolute Gasteiger partial charge is 0.316 e. The highest BCUT2D eigenvalue weighted by Gasteiger charge is 2.17. The zero-order chi connectivity index (χ0) is 16.3. The van der Waals surface area contributed by atoms with Crippen LogP contribution in [0.1, 0.15) is 28.5 Å². The number of rotatable bonds is 5. The van der Waals surface area contributed by atoms with Crippen LogP contribution in [-0.2, 0) is 6.61 Å². The second-order valence-corrected chi connectivity index (χ2v) is 4.57. The van der Waals surface area contributed by atoms with Crippen LogP contribution in [0.15, 0.2) is 18.3 Å². The second kappa shape index (κ2) is 6.46. The van der Waals surface area contributed by atoms with Crippen LogP contribution in [0, 0.1) is 18.6 Å². The number of Topliss-reactive ketones (excluding diaryl/α,β-unsaturated/α-hetero) is 1. The van der Waals surface area contributed by atoms with E-state index in [0.717, 1.165) is 6.07 Å². The summed E-state index contributed by atoms with van der Waals surface area (Å²) in [5.74, 6) is -2.47. The highest BCUT2D eigenvalue weighted by molar-refractivity contribution is 5.97. The van der Waals surface area contributed by atoms with Crippen molar-refractivity contribution < 1.29 is 23.0 Å². The summed E-state index contributed by atoms with van der Waals surface area (Å²) in [6, 6.07) is 1.83. The Hall–Kier alpha value is -2.57. The number of carbonyl (C=O) groups is 1. The number of carbonyl (C=O) groups excluding carboxylic acids is 1. The quantitative estimate of drug-likeness (QED) is 0.795. The summed E-state index contributed by atoms with van der Waals surface area (Å²) in [5, 5.41) is 0. The zero-order valence-electron chi connectivity index (χ0n) is 12.3. The number of hydrogen-bond acceptors (Lipinski definition) is 5. The molecular weight excluding hydrogens is 294 g/mol. The standard InChI is InChI=1S/C15H14F2N2O3/c1-8-10(6-18-15(19-8)21-3)7-22-13-5-11(16)4-12(17)14(13)9(2)20/h4-6H,7H2,1-3H3. The number of ether oxygens (including phenoxy) is 2. The topological polar surface area (TPSA) is 61.3 Å². The fourth-order valence-electron chi connectivity index (χ4n) is 1.87. The molecule has 0 aliphatic heterocycles. The molecule has 0 fully saturated rings. The molecule has 0 N–H and O–H groups in total. The number of aryl methyl sites for hydroxylation is 1. The minimum Gasteiger partial charge on any atom is -0.488 e. The van der Waals surface area contributed by atoms with Crippen molar-refractivity contribution in [2.75, 3.05) is 7.11 Å². The molecule has 0 saturated heterocycles. The van der Waals surface area contributed by atoms with Gasteiger partial charge in [0.05, 0.1) is 18.4 Å². The maximum absolute atomic E-state index is 13.7. The SMILES string of the molecule is COc1ncc(COc2cc(F)cc(F)c2C(C)=O)c(C)n1. The first-order valence-corrected chi connectivity index (χ1v) is 6.41. The Balaban J connectivity index is 2.27. The molecule has 0 aliphatic carbocycles. The van der Waals surface area contributed by atoms with Gasteiger partial charge >= 0.3 is 6.01 Å². The lowest BCUT2D eigenvalue weighted by Gasteiger charge is -2.12. The Morgan fingerprint density at radius 2 is 2.05 bits per heavy atom. The van der Waals surface area contributed by atoms with Crippen molar-refractivity contribution in [2.45, 2.75) is 20.5 Å². The average molecular weight is 308 g/mol. The third-order valence-electron chi connectivity index (χ3n) is 3.00. The van der Waals surface area contributed by atoms with Crippen LogP contribution in [0.25, 0.3) is 0 Å². The molecular formula is C15H14F2N2O3. The van der Waals surface area contributed by atoms with Crippen molar-refractivity contribution in [3.63, 3.8) is 0 Å². The molecule has 116 valence electrons. The monoisotopic (exact) mass is 308 g/mol. The van der Waals surface area contributed by atoms with Gasteiger partial charge in [0.15, 0.2) is 5.78 Å². The van der Waals surface area contributed by atoms with Gasteiger partial charge < -0.3 is 9.47 Å². The van der Waals surface area contributed by atoms with Crippen molar-refractivity contribution in [1.29, 1.82) is 0 Å². The first kappa shape index (κ1) is 15.8. The number of ketones is 1. The molecule has 0 unspecified atom stereocenters. The molecule has 0 aliphatic rings. The van der Waals surface area contributed by atoms with Gasteiger partial charge in [0, 0.05) is 23.9 Å². The second-order valence-electron chi connectivity index (χ2n) is 4.57. The minimum atomic E-state index is -0.954. The molecule has 0 saturated carbocycles. The van der Waals surface area contributed by atoms with E-state index in [1.165, 1.54) is 20.2 Å². The van der Waals surface area contributed by atoms with Crippen molar-refractivity contribution in [3.05, 3.63) is 46.8 Å². The van der Waals surface area contributed by atoms with Crippen LogP contribution in [-0.4, -0.2) is 22.9 Å². The van der Waals surface area contributed by atoms with Crippen molar-refractivity contribution in [2.24, 2.45) is 0 Å². The lowest BCUT2D eigenvalue weighted by atomic mass is 10.1. The normalized spacial score (nSPS) is 10.4. The highest BCUT2D eigenvalue weighted by Crippen LogP contribution is 2.25. The van der Waals surface area contributed by atoms with Gasteiger partial charge in [0.1, 0.15) is 24.0 Å². The minimum absolute atomic E-state index is 0.0288. The molecule has 7 heteroatoms. The number of hydrogen-bond donors (Lipinski definition) is 0. The lowest BCUT2D eigenvalue weighted by molar-refractivity contribution is 0.100. The van der Waals surface area contributed by atoms with Gasteiger partial charge in [-0.25, -0.2) is 18.7 Å². The molecule has 1 aromatic heterocycles. The molecule has 0 spiro atoms. The van der Waals surface area contributed by atoms with E-state index in [-0.39, 0.29) is 23.9 Å². The molecule has 5 nitrogen and oxygen atoms in total. The number of aromatic nitrogens is 2. The molecule has 22 heavy (non-hydrogen) atoms. The van der Waals surface area contributed by atoms with Crippen molar-refractivity contribution in [3.8, 4) is 11.8 Å². The van der Waals surface area contributed by atoms with E-state index >= 15 is 0 Å². The maximum Gasteiger partial charge on any atom is 0.316 e. The predicted octanol–water partition coefficient (Wildman–Crippen LogP) is 2.85. The Morgan fingerprint density at radius 1 is 1.32 bits per heavy atom. The highest BCUT2D eigenvalue weighted by atomic mass is 19.1. The summed E-state index contributed by atoms with van der Waals surface area (Å²) >= 11 is 0. The summed E-state index contributed by atoms with van der Waals surface area (Å²) in [6.07, 6.45) is 1.49. The number of benzene rings is 1. The largest absolute Gasteiger partial charge is 0.488 e. The van der Waals surface area contributed by atoms with Gasteiger partial charge in [-0.15, -0.1) is 0 Å². The van der Waals surface area contributed by atoms with Gasteiger partial charge in [0.2, 0.25) is 0 Å². The van der Waals surface area contributed by atoms with Crippen LogP contribution in [0.5, 0.6) is 11.8 Å². The Bertz CT molecular complexity index is 720. The first-order chi connectivity index (χ1) is 10.4. The van der Waals surface area contributed by atoms with Crippen LogP contribution < -0.4 is 9.47 Å². The summed E-state index contributed by atoms with van der Waals surface area (Å²) in [6.45, 7) is 2.88. The molecule has 1 aromatic carbocycles. The van der Waals surface area contributed by atoms with E-state index in [1.807, 2.05) is 0 Å². The number of methoxy groups -OCH3 is 1. The molecule has 0 bridgehead atoms. The lowest BCUT2D eigenvalue weighted by Crippen LogP contribution is -2.07. The van der Waals surface area contributed by atoms with E-state index in [0.29, 0.717) is 17.3 Å². The summed E-state index contributed by atoms with van der Waals surface area (Å²) in [4.78, 5) is 19.5. The Morgan fingerprint density at radius 3 is 2.64 bits per heavy atom. The molecule has 2 rings (SSSR count). The van der Waals surface area contributed by atoms with Gasteiger partial charge in [-0.1, -0.05) is 0 Å². The Labute approximate surface area is 125 Å². The number of nitrogens with zero attached hydrogens (tertiary/aromatic N) is 2. The van der Waals surface area contributed by atoms with Crippen molar-refractivity contribution in [1.82, 2.24) is 9.97 Å². The van der Waals surface area contributed by atoms with Gasteiger partial charge in [-0.05, 0) is 13.8 Å². The summed E-state index contributed by atoms with van der Waals surface area (Å²) in [5.41, 5.74) is 0.932. The molecule has 0 radical (unpaired) electrons. The molecule has 2 aromatic rings. The van der Waals surface area contributed by atoms with Gasteiger partial charge in [-0.2, -0.15) is 0 Å². The third kappa shape index (κ3) is 3.36. The van der Waals surface area contributed by atoms with Crippen LogP contribution >= 0.6 is 0 Å². The maximum atomic E-state index is 13.7. The van der Waals surface area contributed by atoms with E-state index in [9.17, 15) is 13.6 Å². The molecule has 1 heterocycles. The van der Waals surface area contributed by atoms with E-state index < -0.39 is 17.4 Å². The Kier molecular flexibility index (Phi) is 4.65. The zero-order valence-corrected chi connectivity index (χ0v) is 12.3. The van der Waals surface area contributed by atoms with Crippen LogP contribution in [0.4, 0.5) is 8.78 Å². The summed E-state index contributed by atoms with van der Waals surface area (Å²) < 4.78 is 37.3. The van der Waals surface area contributed by atoms with E-state index in [2.05, 4.69) is 9.97 Å². The fourth-order valence-corrected chi connectivity index (χ4v) is 1.87. The van der Waals surface area contributed by atoms with Crippen LogP contribution in [0.3, 0.4) is 0 Å². The molecule has 0 amide bonds. The van der Waals surface area contributed by atoms with E-state index in [4.69, 9.17) is 9.47 Å². The van der Waals surface area contributed by atoms with Gasteiger partial charge in [-0.3, -0.25) is 4.79 Å². The third-order valence-corrected chi connectivity index (χ3v) is 3.00. The predicted molar refractivity (Wildman–Crippen MR) is 74.0 cm³/mol. The van der Waals surface area contributed by atoms with Crippen LogP contribution in [0.2, 0.25) is 0 Å². The van der Waals surface area contributed by atoms with Crippen molar-refractivity contribution >= 4 is 5.78 Å².